The Hall–Kier alpha value is -2.25. The van der Waals surface area contributed by atoms with E-state index in [2.05, 4.69) is 16.1 Å². The second-order valence-corrected chi connectivity index (χ2v) is 7.74. The number of fused-ring (bicyclic) bond motifs is 2. The van der Waals surface area contributed by atoms with Crippen molar-refractivity contribution in [1.82, 2.24) is 4.31 Å². The van der Waals surface area contributed by atoms with Gasteiger partial charge in [-0.25, -0.2) is 13.7 Å². The van der Waals surface area contributed by atoms with Crippen molar-refractivity contribution in [2.75, 3.05) is 24.1 Å². The molecule has 4 rings (SSSR count). The van der Waals surface area contributed by atoms with Gasteiger partial charge in [-0.1, -0.05) is 6.07 Å². The predicted molar refractivity (Wildman–Crippen MR) is 105 cm³/mol. The van der Waals surface area contributed by atoms with Crippen LogP contribution in [0.15, 0.2) is 41.4 Å². The highest BCUT2D eigenvalue weighted by atomic mass is 32.2. The first-order valence-corrected chi connectivity index (χ1v) is 9.35. The average Bonchev–Trinajstić information content (AvgIpc) is 3.01. The van der Waals surface area contributed by atoms with Crippen LogP contribution in [-0.4, -0.2) is 24.4 Å². The minimum Gasteiger partial charge on any atom is -0.460 e. The minimum absolute atomic E-state index is 0.0204. The molecule has 2 aliphatic rings. The van der Waals surface area contributed by atoms with E-state index >= 15 is 0 Å². The van der Waals surface area contributed by atoms with Crippen LogP contribution in [-0.2, 0) is 17.8 Å². The van der Waals surface area contributed by atoms with Crippen molar-refractivity contribution in [2.24, 2.45) is 4.99 Å². The van der Waals surface area contributed by atoms with Gasteiger partial charge in [-0.15, -0.1) is 0 Å². The summed E-state index contributed by atoms with van der Waals surface area (Å²) in [6.45, 7) is 0.478. The Morgan fingerprint density at radius 3 is 2.96 bits per heavy atom. The van der Waals surface area contributed by atoms with E-state index in [1.807, 2.05) is 36.6 Å². The number of anilines is 2. The first-order chi connectivity index (χ1) is 12.6. The third-order valence-corrected chi connectivity index (χ3v) is 5.17. The summed E-state index contributed by atoms with van der Waals surface area (Å²) in [7, 11) is 3.97. The van der Waals surface area contributed by atoms with Crippen molar-refractivity contribution in [1.29, 1.82) is 0 Å². The van der Waals surface area contributed by atoms with E-state index in [0.29, 0.717) is 12.6 Å². The molecule has 0 fully saturated rings. The van der Waals surface area contributed by atoms with Crippen LogP contribution in [0.5, 0.6) is 0 Å². The summed E-state index contributed by atoms with van der Waals surface area (Å²) in [5.41, 5.74) is 5.26. The standard InChI is InChI=1S/C19H21FN4OS/c1-24(2)26-23-15-5-8-17-13(10-15)11-25-19(21-17)22-18-7-3-12-9-14(20)4-6-16(12)18/h4-6,8-10,18,23H,3,7,11H2,1-2H3,(H,21,22). The van der Waals surface area contributed by atoms with Gasteiger partial charge >= 0.3 is 0 Å². The SMILES string of the molecule is CN(C)SNc1ccc2c(c1)COC(=NC1CCc3cc(F)ccc31)N2. The van der Waals surface area contributed by atoms with Crippen molar-refractivity contribution in [2.45, 2.75) is 25.5 Å². The van der Waals surface area contributed by atoms with Gasteiger partial charge in [0.2, 0.25) is 0 Å². The zero-order chi connectivity index (χ0) is 18.1. The highest BCUT2D eigenvalue weighted by molar-refractivity contribution is 7.98. The van der Waals surface area contributed by atoms with E-state index in [1.165, 1.54) is 18.2 Å². The fraction of sp³-hybridized carbons (Fsp3) is 0.316. The highest BCUT2D eigenvalue weighted by Gasteiger charge is 2.24. The van der Waals surface area contributed by atoms with Gasteiger partial charge in [0.15, 0.2) is 0 Å². The molecule has 0 spiro atoms. The first-order valence-electron chi connectivity index (χ1n) is 8.57. The molecule has 0 bridgehead atoms. The maximum atomic E-state index is 13.4. The molecule has 1 heterocycles. The van der Waals surface area contributed by atoms with Crippen molar-refractivity contribution < 1.29 is 9.13 Å². The molecule has 5 nitrogen and oxygen atoms in total. The number of aliphatic imine (C=N–C) groups is 1. The third-order valence-electron chi connectivity index (χ3n) is 4.48. The number of benzene rings is 2. The summed E-state index contributed by atoms with van der Waals surface area (Å²) in [6.07, 6.45) is 1.73. The summed E-state index contributed by atoms with van der Waals surface area (Å²) < 4.78 is 24.4. The topological polar surface area (TPSA) is 48.9 Å². The van der Waals surface area contributed by atoms with Gasteiger partial charge in [-0.2, -0.15) is 0 Å². The van der Waals surface area contributed by atoms with Crippen molar-refractivity contribution in [3.8, 4) is 0 Å². The van der Waals surface area contributed by atoms with Crippen LogP contribution in [0.25, 0.3) is 0 Å². The number of hydrogen-bond acceptors (Lipinski definition) is 5. The molecule has 0 radical (unpaired) electrons. The number of nitrogens with zero attached hydrogens (tertiary/aromatic N) is 2. The number of halogens is 1. The number of rotatable bonds is 4. The maximum absolute atomic E-state index is 13.4. The zero-order valence-electron chi connectivity index (χ0n) is 14.8. The maximum Gasteiger partial charge on any atom is 0.290 e. The molecule has 0 saturated heterocycles. The van der Waals surface area contributed by atoms with Crippen LogP contribution in [0.3, 0.4) is 0 Å². The first kappa shape index (κ1) is 17.2. The van der Waals surface area contributed by atoms with E-state index in [4.69, 9.17) is 9.73 Å². The Balaban J connectivity index is 1.48. The fourth-order valence-electron chi connectivity index (χ4n) is 3.25. The lowest BCUT2D eigenvalue weighted by molar-refractivity contribution is 0.282. The molecule has 7 heteroatoms. The van der Waals surface area contributed by atoms with E-state index in [1.54, 1.807) is 6.07 Å². The minimum atomic E-state index is -0.185. The van der Waals surface area contributed by atoms with E-state index in [-0.39, 0.29) is 11.9 Å². The molecule has 2 N–H and O–H groups in total. The summed E-state index contributed by atoms with van der Waals surface area (Å²) in [6, 6.07) is 11.6. The third kappa shape index (κ3) is 3.64. The normalized spacial score (nSPS) is 19.7. The number of nitrogens with one attached hydrogen (secondary N) is 2. The molecule has 2 aromatic carbocycles. The Morgan fingerprint density at radius 1 is 1.23 bits per heavy atom. The Bertz CT molecular complexity index is 855. The molecule has 26 heavy (non-hydrogen) atoms. The number of hydrogen-bond donors (Lipinski definition) is 2. The predicted octanol–water partition coefficient (Wildman–Crippen LogP) is 4.35. The quantitative estimate of drug-likeness (QED) is 0.782. The molecule has 0 amide bonds. The van der Waals surface area contributed by atoms with Gasteiger partial charge in [0, 0.05) is 29.1 Å². The average molecular weight is 372 g/mol. The van der Waals surface area contributed by atoms with Crippen molar-refractivity contribution in [3.05, 3.63) is 58.9 Å². The van der Waals surface area contributed by atoms with Crippen LogP contribution in [0.2, 0.25) is 0 Å². The van der Waals surface area contributed by atoms with Gasteiger partial charge in [0.25, 0.3) is 6.02 Å². The van der Waals surface area contributed by atoms with E-state index in [9.17, 15) is 4.39 Å². The molecular formula is C19H21FN4OS. The van der Waals surface area contributed by atoms with Crippen molar-refractivity contribution in [3.63, 3.8) is 0 Å². The number of aryl methyl sites for hydroxylation is 1. The summed E-state index contributed by atoms with van der Waals surface area (Å²) in [5, 5.41) is 3.27. The Labute approximate surface area is 156 Å². The smallest absolute Gasteiger partial charge is 0.290 e. The second kappa shape index (κ2) is 7.17. The fourth-order valence-corrected chi connectivity index (χ4v) is 3.66. The summed E-state index contributed by atoms with van der Waals surface area (Å²) in [5.74, 6) is -0.185. The van der Waals surface area contributed by atoms with Gasteiger partial charge in [-0.3, -0.25) is 0 Å². The lowest BCUT2D eigenvalue weighted by Gasteiger charge is -2.22. The van der Waals surface area contributed by atoms with E-state index in [0.717, 1.165) is 40.9 Å². The van der Waals surface area contributed by atoms with Gasteiger partial charge in [-0.05, 0) is 68.4 Å². The molecule has 0 saturated carbocycles. The molecule has 2 aromatic rings. The van der Waals surface area contributed by atoms with Crippen molar-refractivity contribution >= 4 is 29.5 Å². The molecule has 1 aliphatic carbocycles. The van der Waals surface area contributed by atoms with Crippen LogP contribution >= 0.6 is 12.1 Å². The Kier molecular flexibility index (Phi) is 4.74. The van der Waals surface area contributed by atoms with Gasteiger partial charge in [0.1, 0.15) is 12.4 Å². The number of ether oxygens (including phenoxy) is 1. The van der Waals surface area contributed by atoms with Crippen LogP contribution < -0.4 is 10.0 Å². The Morgan fingerprint density at radius 2 is 2.12 bits per heavy atom. The van der Waals surface area contributed by atoms with Crippen LogP contribution in [0.4, 0.5) is 15.8 Å². The van der Waals surface area contributed by atoms with E-state index < -0.39 is 0 Å². The van der Waals surface area contributed by atoms with Crippen LogP contribution in [0, 0.1) is 5.82 Å². The highest BCUT2D eigenvalue weighted by Crippen LogP contribution is 2.35. The lowest BCUT2D eigenvalue weighted by atomic mass is 10.1. The zero-order valence-corrected chi connectivity index (χ0v) is 15.6. The summed E-state index contributed by atoms with van der Waals surface area (Å²) >= 11 is 1.52. The van der Waals surface area contributed by atoms with Crippen LogP contribution in [0.1, 0.15) is 29.2 Å². The molecule has 1 unspecified atom stereocenters. The second-order valence-electron chi connectivity index (χ2n) is 6.62. The molecule has 1 aliphatic heterocycles. The van der Waals surface area contributed by atoms with Gasteiger partial charge < -0.3 is 14.8 Å². The molecular weight excluding hydrogens is 351 g/mol. The molecule has 0 aromatic heterocycles. The summed E-state index contributed by atoms with van der Waals surface area (Å²) in [4.78, 5) is 4.72. The lowest BCUT2D eigenvalue weighted by Crippen LogP contribution is -2.23. The largest absolute Gasteiger partial charge is 0.460 e. The van der Waals surface area contributed by atoms with Gasteiger partial charge in [0.05, 0.1) is 6.04 Å². The molecule has 136 valence electrons. The monoisotopic (exact) mass is 372 g/mol. The molecule has 1 atom stereocenters. The number of amidine groups is 1.